The van der Waals surface area contributed by atoms with Gasteiger partial charge in [-0.15, -0.1) is 0 Å². The minimum absolute atomic E-state index is 0.0400. The van der Waals surface area contributed by atoms with Gasteiger partial charge in [-0.2, -0.15) is 0 Å². The van der Waals surface area contributed by atoms with Crippen LogP contribution in [0.4, 0.5) is 5.69 Å². The molecule has 0 aliphatic rings. The fourth-order valence-corrected chi connectivity index (χ4v) is 0.966. The third-order valence-electron chi connectivity index (χ3n) is 1.51. The molecule has 0 saturated carbocycles. The van der Waals surface area contributed by atoms with E-state index in [4.69, 9.17) is 22.7 Å². The first kappa shape index (κ1) is 11.2. The number of hydrogen-bond donors (Lipinski definition) is 2. The molecular formula is C10H10N2O2S. The van der Waals surface area contributed by atoms with Gasteiger partial charge in [0.25, 0.3) is 0 Å². The molecule has 1 rings (SSSR count). The largest absolute Gasteiger partial charge is 0.421 e. The smallest absolute Gasteiger partial charge is 0.371 e. The summed E-state index contributed by atoms with van der Waals surface area (Å²) in [4.78, 5) is 11.2. The predicted molar refractivity (Wildman–Crippen MR) is 62.4 cm³/mol. The van der Waals surface area contributed by atoms with Crippen LogP contribution in [0.25, 0.3) is 0 Å². The molecule has 0 heterocycles. The van der Waals surface area contributed by atoms with Crippen LogP contribution in [-0.4, -0.2) is 11.0 Å². The van der Waals surface area contributed by atoms with E-state index < -0.39 is 5.97 Å². The molecule has 15 heavy (non-hydrogen) atoms. The van der Waals surface area contributed by atoms with Crippen molar-refractivity contribution in [1.82, 2.24) is 5.32 Å². The van der Waals surface area contributed by atoms with E-state index in [-0.39, 0.29) is 4.99 Å². The molecule has 0 aromatic heterocycles. The van der Waals surface area contributed by atoms with Gasteiger partial charge in [0.05, 0.1) is 0 Å². The van der Waals surface area contributed by atoms with Crippen LogP contribution < -0.4 is 15.8 Å². The molecule has 0 amide bonds. The predicted octanol–water partition coefficient (Wildman–Crippen LogP) is 1.23. The molecule has 0 spiro atoms. The van der Waals surface area contributed by atoms with Crippen molar-refractivity contribution in [2.24, 2.45) is 0 Å². The number of nitrogens with one attached hydrogen (secondary N) is 1. The molecule has 3 N–H and O–H groups in total. The van der Waals surface area contributed by atoms with Crippen molar-refractivity contribution in [3.8, 4) is 5.75 Å². The second-order valence-corrected chi connectivity index (χ2v) is 3.04. The van der Waals surface area contributed by atoms with E-state index in [2.05, 4.69) is 11.9 Å². The lowest BCUT2D eigenvalue weighted by molar-refractivity contribution is -0.126. The number of rotatable bonds is 2. The lowest BCUT2D eigenvalue weighted by Crippen LogP contribution is -2.28. The number of nitrogen functional groups attached to an aromatic ring is 1. The molecule has 1 aromatic rings. The first-order valence-corrected chi connectivity index (χ1v) is 4.53. The van der Waals surface area contributed by atoms with Crippen LogP contribution >= 0.6 is 12.2 Å². The average molecular weight is 222 g/mol. The number of hydrogen-bond acceptors (Lipinski definition) is 4. The Morgan fingerprint density at radius 1 is 1.47 bits per heavy atom. The Morgan fingerprint density at radius 3 is 2.60 bits per heavy atom. The number of ether oxygens (including phenoxy) is 1. The number of esters is 1. The minimum Gasteiger partial charge on any atom is -0.421 e. The molecule has 0 aliphatic heterocycles. The van der Waals surface area contributed by atoms with Gasteiger partial charge in [-0.3, -0.25) is 0 Å². The molecule has 4 nitrogen and oxygen atoms in total. The van der Waals surface area contributed by atoms with E-state index in [0.29, 0.717) is 11.4 Å². The summed E-state index contributed by atoms with van der Waals surface area (Å²) in [5, 5.41) is 2.47. The molecule has 0 bridgehead atoms. The van der Waals surface area contributed by atoms with Crippen molar-refractivity contribution >= 4 is 28.9 Å². The summed E-state index contributed by atoms with van der Waals surface area (Å²) >= 11 is 4.72. The Morgan fingerprint density at radius 2 is 2.07 bits per heavy atom. The van der Waals surface area contributed by atoms with Crippen LogP contribution in [0.3, 0.4) is 0 Å². The SMILES string of the molecule is C=CNC(=S)C(=O)Oc1ccc(N)cc1. The van der Waals surface area contributed by atoms with Crippen LogP contribution in [0.2, 0.25) is 0 Å². The lowest BCUT2D eigenvalue weighted by Gasteiger charge is -2.04. The van der Waals surface area contributed by atoms with Gasteiger partial charge in [0.2, 0.25) is 0 Å². The molecule has 1 aromatic carbocycles. The molecule has 0 saturated heterocycles. The zero-order valence-corrected chi connectivity index (χ0v) is 8.71. The molecular weight excluding hydrogens is 212 g/mol. The number of nitrogens with two attached hydrogens (primary N) is 1. The van der Waals surface area contributed by atoms with Gasteiger partial charge in [-0.05, 0) is 30.5 Å². The summed E-state index contributed by atoms with van der Waals surface area (Å²) in [6.45, 7) is 3.38. The maximum absolute atomic E-state index is 11.3. The monoisotopic (exact) mass is 222 g/mol. The van der Waals surface area contributed by atoms with Crippen molar-refractivity contribution in [2.75, 3.05) is 5.73 Å². The summed E-state index contributed by atoms with van der Waals surface area (Å²) in [7, 11) is 0. The quantitative estimate of drug-likeness (QED) is 0.341. The first-order valence-electron chi connectivity index (χ1n) is 4.12. The fourth-order valence-electron chi connectivity index (χ4n) is 0.841. The van der Waals surface area contributed by atoms with Gasteiger partial charge in [0.1, 0.15) is 5.75 Å². The van der Waals surface area contributed by atoms with E-state index >= 15 is 0 Å². The average Bonchev–Trinajstić information content (AvgIpc) is 2.22. The molecule has 0 atom stereocenters. The number of carbonyl (C=O) groups is 1. The van der Waals surface area contributed by atoms with Crippen LogP contribution in [0.1, 0.15) is 0 Å². The number of carbonyl (C=O) groups excluding carboxylic acids is 1. The van der Waals surface area contributed by atoms with Crippen molar-refractivity contribution in [2.45, 2.75) is 0 Å². The van der Waals surface area contributed by atoms with E-state index in [9.17, 15) is 4.79 Å². The van der Waals surface area contributed by atoms with E-state index in [1.165, 1.54) is 6.20 Å². The maximum atomic E-state index is 11.3. The highest BCUT2D eigenvalue weighted by Gasteiger charge is 2.09. The molecule has 0 fully saturated rings. The molecule has 0 aliphatic carbocycles. The minimum atomic E-state index is -0.630. The van der Waals surface area contributed by atoms with Crippen molar-refractivity contribution < 1.29 is 9.53 Å². The summed E-state index contributed by atoms with van der Waals surface area (Å²) < 4.78 is 4.94. The second-order valence-electron chi connectivity index (χ2n) is 2.64. The standard InChI is InChI=1S/C10H10N2O2S/c1-2-12-9(15)10(13)14-8-5-3-7(11)4-6-8/h2-6H,1,11H2,(H,12,15). The maximum Gasteiger partial charge on any atom is 0.371 e. The number of anilines is 1. The highest BCUT2D eigenvalue weighted by Crippen LogP contribution is 2.13. The fraction of sp³-hybridized carbons (Fsp3) is 0. The number of thiocarbonyl (C=S) groups is 1. The zero-order chi connectivity index (χ0) is 11.3. The molecule has 78 valence electrons. The van der Waals surface area contributed by atoms with Gasteiger partial charge in [-0.25, -0.2) is 4.79 Å². The van der Waals surface area contributed by atoms with Crippen LogP contribution in [0.5, 0.6) is 5.75 Å². The Kier molecular flexibility index (Phi) is 3.82. The van der Waals surface area contributed by atoms with E-state index in [1.807, 2.05) is 0 Å². The van der Waals surface area contributed by atoms with Gasteiger partial charge >= 0.3 is 5.97 Å². The van der Waals surface area contributed by atoms with E-state index in [1.54, 1.807) is 24.3 Å². The number of benzene rings is 1. The van der Waals surface area contributed by atoms with Crippen LogP contribution in [0, 0.1) is 0 Å². The van der Waals surface area contributed by atoms with Gasteiger partial charge in [-0.1, -0.05) is 18.8 Å². The van der Waals surface area contributed by atoms with Gasteiger partial charge in [0, 0.05) is 5.69 Å². The van der Waals surface area contributed by atoms with E-state index in [0.717, 1.165) is 0 Å². The summed E-state index contributed by atoms with van der Waals surface area (Å²) in [6.07, 6.45) is 1.31. The Labute approximate surface area is 92.7 Å². The lowest BCUT2D eigenvalue weighted by atomic mass is 10.3. The normalized spacial score (nSPS) is 9.07. The summed E-state index contributed by atoms with van der Waals surface area (Å²) in [5.41, 5.74) is 6.07. The second kappa shape index (κ2) is 5.11. The van der Waals surface area contributed by atoms with Crippen LogP contribution in [0.15, 0.2) is 37.0 Å². The Bertz CT molecular complexity index is 387. The van der Waals surface area contributed by atoms with Crippen molar-refractivity contribution in [3.63, 3.8) is 0 Å². The highest BCUT2D eigenvalue weighted by molar-refractivity contribution is 7.82. The third-order valence-corrected chi connectivity index (χ3v) is 1.79. The Hall–Kier alpha value is -1.88. The third kappa shape index (κ3) is 3.40. The van der Waals surface area contributed by atoms with Gasteiger partial charge < -0.3 is 15.8 Å². The molecule has 0 unspecified atom stereocenters. The highest BCUT2D eigenvalue weighted by atomic mass is 32.1. The Balaban J connectivity index is 2.62. The summed E-state index contributed by atoms with van der Waals surface area (Å²) in [5.74, 6) is -0.239. The first-order chi connectivity index (χ1) is 7.13. The topological polar surface area (TPSA) is 64.3 Å². The zero-order valence-electron chi connectivity index (χ0n) is 7.90. The molecule has 0 radical (unpaired) electrons. The van der Waals surface area contributed by atoms with Gasteiger partial charge in [0.15, 0.2) is 4.99 Å². The summed E-state index contributed by atoms with van der Waals surface area (Å²) in [6, 6.07) is 6.44. The van der Waals surface area contributed by atoms with Crippen molar-refractivity contribution in [1.29, 1.82) is 0 Å². The van der Waals surface area contributed by atoms with Crippen molar-refractivity contribution in [3.05, 3.63) is 37.0 Å². The van der Waals surface area contributed by atoms with Crippen LogP contribution in [-0.2, 0) is 4.79 Å². The molecule has 5 heteroatoms.